The highest BCUT2D eigenvalue weighted by atomic mass is 15.2. The minimum Gasteiger partial charge on any atom is -0.300 e. The Hall–Kier alpha value is -0.590. The molecule has 3 heteroatoms. The van der Waals surface area contributed by atoms with Crippen molar-refractivity contribution in [3.8, 4) is 6.07 Å². The molecule has 3 unspecified atom stereocenters. The summed E-state index contributed by atoms with van der Waals surface area (Å²) >= 11 is 0. The van der Waals surface area contributed by atoms with Gasteiger partial charge in [0.05, 0.1) is 6.07 Å². The summed E-state index contributed by atoms with van der Waals surface area (Å²) in [5.41, 5.74) is -0.219. The third-order valence-electron chi connectivity index (χ3n) is 5.64. The van der Waals surface area contributed by atoms with Gasteiger partial charge in [-0.15, -0.1) is 0 Å². The molecule has 0 aromatic heterocycles. The lowest BCUT2D eigenvalue weighted by Crippen LogP contribution is -2.54. The predicted octanol–water partition coefficient (Wildman–Crippen LogP) is 3.07. The largest absolute Gasteiger partial charge is 0.300 e. The number of nitriles is 1. The lowest BCUT2D eigenvalue weighted by atomic mass is 9.78. The molecule has 0 radical (unpaired) electrons. The Labute approximate surface area is 123 Å². The Morgan fingerprint density at radius 1 is 1.25 bits per heavy atom. The van der Waals surface area contributed by atoms with Crippen molar-refractivity contribution in [3.05, 3.63) is 0 Å². The van der Waals surface area contributed by atoms with E-state index in [0.29, 0.717) is 12.1 Å². The number of hydrogen-bond donors (Lipinski definition) is 1. The minimum atomic E-state index is -0.219. The lowest BCUT2D eigenvalue weighted by molar-refractivity contribution is 0.0752. The topological polar surface area (TPSA) is 39.1 Å². The molecular formula is C17H29N3. The van der Waals surface area contributed by atoms with Gasteiger partial charge >= 0.3 is 0 Å². The molecule has 2 aliphatic carbocycles. The van der Waals surface area contributed by atoms with E-state index in [4.69, 9.17) is 0 Å². The molecule has 1 aliphatic heterocycles. The SMILES string of the molecule is CCC1CCCN(C2CCCC(C#N)(NC3CC3)C2)C1. The maximum absolute atomic E-state index is 9.70. The van der Waals surface area contributed by atoms with E-state index in [2.05, 4.69) is 23.2 Å². The number of rotatable bonds is 4. The smallest absolute Gasteiger partial charge is 0.108 e. The zero-order valence-corrected chi connectivity index (χ0v) is 12.9. The molecular weight excluding hydrogens is 246 g/mol. The Kier molecular flexibility index (Phi) is 4.33. The van der Waals surface area contributed by atoms with Crippen molar-refractivity contribution in [1.29, 1.82) is 5.26 Å². The van der Waals surface area contributed by atoms with Gasteiger partial charge in [0.25, 0.3) is 0 Å². The number of nitrogens with zero attached hydrogens (tertiary/aromatic N) is 2. The first kappa shape index (κ1) is 14.4. The molecule has 0 spiro atoms. The van der Waals surface area contributed by atoms with Crippen LogP contribution in [-0.2, 0) is 0 Å². The van der Waals surface area contributed by atoms with Crippen molar-refractivity contribution >= 4 is 0 Å². The van der Waals surface area contributed by atoms with Crippen molar-refractivity contribution in [3.63, 3.8) is 0 Å². The first-order chi connectivity index (χ1) is 9.74. The summed E-state index contributed by atoms with van der Waals surface area (Å²) in [5, 5.41) is 13.4. The molecule has 0 bridgehead atoms. The molecule has 0 amide bonds. The molecule has 20 heavy (non-hydrogen) atoms. The Morgan fingerprint density at radius 3 is 2.80 bits per heavy atom. The molecule has 3 fully saturated rings. The van der Waals surface area contributed by atoms with Gasteiger partial charge in [0, 0.05) is 18.6 Å². The fraction of sp³-hybridized carbons (Fsp3) is 0.941. The second-order valence-corrected chi connectivity index (χ2v) is 7.27. The van der Waals surface area contributed by atoms with Gasteiger partial charge in [-0.1, -0.05) is 13.3 Å². The molecule has 2 saturated carbocycles. The van der Waals surface area contributed by atoms with E-state index in [0.717, 1.165) is 18.8 Å². The van der Waals surface area contributed by atoms with Crippen LogP contribution in [0.15, 0.2) is 0 Å². The van der Waals surface area contributed by atoms with Crippen molar-refractivity contribution in [2.24, 2.45) is 5.92 Å². The van der Waals surface area contributed by atoms with E-state index in [1.165, 1.54) is 58.0 Å². The van der Waals surface area contributed by atoms with Crippen LogP contribution in [0.25, 0.3) is 0 Å². The zero-order valence-electron chi connectivity index (χ0n) is 12.9. The summed E-state index contributed by atoms with van der Waals surface area (Å²) in [6, 6.07) is 3.93. The van der Waals surface area contributed by atoms with Crippen LogP contribution >= 0.6 is 0 Å². The van der Waals surface area contributed by atoms with E-state index in [-0.39, 0.29) is 5.54 Å². The number of piperidine rings is 1. The summed E-state index contributed by atoms with van der Waals surface area (Å²) in [5.74, 6) is 0.888. The quantitative estimate of drug-likeness (QED) is 0.857. The normalized spacial score (nSPS) is 39.4. The van der Waals surface area contributed by atoms with Crippen LogP contribution < -0.4 is 5.32 Å². The molecule has 0 aromatic rings. The van der Waals surface area contributed by atoms with Crippen LogP contribution in [0.4, 0.5) is 0 Å². The Bertz CT molecular complexity index is 371. The first-order valence-corrected chi connectivity index (χ1v) is 8.67. The van der Waals surface area contributed by atoms with Gasteiger partial charge < -0.3 is 4.90 Å². The molecule has 0 aromatic carbocycles. The fourth-order valence-electron chi connectivity index (χ4n) is 4.20. The highest BCUT2D eigenvalue weighted by molar-refractivity contribution is 5.13. The molecule has 1 heterocycles. The lowest BCUT2D eigenvalue weighted by Gasteiger charge is -2.44. The highest BCUT2D eigenvalue weighted by Gasteiger charge is 2.42. The van der Waals surface area contributed by atoms with Gasteiger partial charge in [0.15, 0.2) is 0 Å². The van der Waals surface area contributed by atoms with Gasteiger partial charge in [-0.05, 0) is 63.8 Å². The monoisotopic (exact) mass is 275 g/mol. The van der Waals surface area contributed by atoms with Gasteiger partial charge in [-0.2, -0.15) is 5.26 Å². The van der Waals surface area contributed by atoms with Crippen LogP contribution in [0.5, 0.6) is 0 Å². The van der Waals surface area contributed by atoms with Gasteiger partial charge in [-0.25, -0.2) is 0 Å². The van der Waals surface area contributed by atoms with E-state index in [1.807, 2.05) is 0 Å². The Morgan fingerprint density at radius 2 is 2.10 bits per heavy atom. The summed E-state index contributed by atoms with van der Waals surface area (Å²) < 4.78 is 0. The van der Waals surface area contributed by atoms with E-state index >= 15 is 0 Å². The van der Waals surface area contributed by atoms with Gasteiger partial charge in [0.2, 0.25) is 0 Å². The number of nitrogens with one attached hydrogen (secondary N) is 1. The van der Waals surface area contributed by atoms with Crippen LogP contribution in [0, 0.1) is 17.2 Å². The summed E-state index contributed by atoms with van der Waals surface area (Å²) in [6.07, 6.45) is 11.2. The molecule has 3 aliphatic rings. The predicted molar refractivity (Wildman–Crippen MR) is 81.3 cm³/mol. The van der Waals surface area contributed by atoms with Crippen LogP contribution in [0.3, 0.4) is 0 Å². The Balaban J connectivity index is 1.63. The molecule has 1 saturated heterocycles. The van der Waals surface area contributed by atoms with Crippen molar-refractivity contribution in [2.75, 3.05) is 13.1 Å². The number of likely N-dealkylation sites (tertiary alicyclic amines) is 1. The van der Waals surface area contributed by atoms with Gasteiger partial charge in [0.1, 0.15) is 5.54 Å². The molecule has 3 rings (SSSR count). The third kappa shape index (κ3) is 3.18. The van der Waals surface area contributed by atoms with Crippen molar-refractivity contribution in [2.45, 2.75) is 82.3 Å². The number of hydrogen-bond acceptors (Lipinski definition) is 3. The average Bonchev–Trinajstić information content (AvgIpc) is 3.31. The first-order valence-electron chi connectivity index (χ1n) is 8.67. The van der Waals surface area contributed by atoms with Crippen molar-refractivity contribution in [1.82, 2.24) is 10.2 Å². The minimum absolute atomic E-state index is 0.219. The molecule has 112 valence electrons. The third-order valence-corrected chi connectivity index (χ3v) is 5.64. The van der Waals surface area contributed by atoms with E-state index in [9.17, 15) is 5.26 Å². The summed E-state index contributed by atoms with van der Waals surface area (Å²) in [7, 11) is 0. The second kappa shape index (κ2) is 6.03. The maximum Gasteiger partial charge on any atom is 0.108 e. The standard InChI is InChI=1S/C17H29N3/c1-2-14-5-4-10-20(12-14)16-6-3-9-17(11-16,13-18)19-15-7-8-15/h14-16,19H,2-12H2,1H3. The van der Waals surface area contributed by atoms with Crippen LogP contribution in [-0.4, -0.2) is 35.6 Å². The maximum atomic E-state index is 9.70. The summed E-state index contributed by atoms with van der Waals surface area (Å²) in [4.78, 5) is 2.71. The molecule has 1 N–H and O–H groups in total. The second-order valence-electron chi connectivity index (χ2n) is 7.27. The zero-order chi connectivity index (χ0) is 14.0. The highest BCUT2D eigenvalue weighted by Crippen LogP contribution is 2.35. The van der Waals surface area contributed by atoms with E-state index < -0.39 is 0 Å². The molecule has 3 atom stereocenters. The van der Waals surface area contributed by atoms with E-state index in [1.54, 1.807) is 0 Å². The fourth-order valence-corrected chi connectivity index (χ4v) is 4.20. The van der Waals surface area contributed by atoms with Crippen LogP contribution in [0.2, 0.25) is 0 Å². The molecule has 3 nitrogen and oxygen atoms in total. The summed E-state index contributed by atoms with van der Waals surface area (Å²) in [6.45, 7) is 4.85. The van der Waals surface area contributed by atoms with Crippen molar-refractivity contribution < 1.29 is 0 Å². The van der Waals surface area contributed by atoms with Crippen LogP contribution in [0.1, 0.15) is 64.7 Å². The average molecular weight is 275 g/mol. The van der Waals surface area contributed by atoms with Gasteiger partial charge in [-0.3, -0.25) is 5.32 Å².